The van der Waals surface area contributed by atoms with Crippen molar-refractivity contribution in [1.82, 2.24) is 9.97 Å². The topological polar surface area (TPSA) is 87.0 Å². The highest BCUT2D eigenvalue weighted by Gasteiger charge is 2.12. The smallest absolute Gasteiger partial charge is 0.169 e. The summed E-state index contributed by atoms with van der Waals surface area (Å²) in [5.74, 6) is 1.82. The van der Waals surface area contributed by atoms with E-state index in [1.54, 1.807) is 23.5 Å². The third-order valence-corrected chi connectivity index (χ3v) is 4.45. The van der Waals surface area contributed by atoms with E-state index < -0.39 is 0 Å². The molecule has 0 aliphatic rings. The summed E-state index contributed by atoms with van der Waals surface area (Å²) in [6, 6.07) is 7.22. The maximum absolute atomic E-state index is 6.04. The molecule has 0 amide bonds. The van der Waals surface area contributed by atoms with Gasteiger partial charge in [0.15, 0.2) is 5.82 Å². The van der Waals surface area contributed by atoms with Crippen molar-refractivity contribution in [2.24, 2.45) is 0 Å². The molecule has 0 saturated heterocycles. The zero-order valence-electron chi connectivity index (χ0n) is 11.9. The Hall–Kier alpha value is -2.34. The molecule has 108 valence electrons. The van der Waals surface area contributed by atoms with Crippen LogP contribution in [0.5, 0.6) is 5.75 Å². The number of nitrogens with two attached hydrogens (primary N) is 2. The molecule has 5 nitrogen and oxygen atoms in total. The zero-order chi connectivity index (χ0) is 15.0. The number of hydrogen-bond donors (Lipinski definition) is 2. The summed E-state index contributed by atoms with van der Waals surface area (Å²) >= 11 is 1.63. The van der Waals surface area contributed by atoms with Gasteiger partial charge in [0.25, 0.3) is 0 Å². The fraction of sp³-hybridized carbons (Fsp3) is 0.200. The van der Waals surface area contributed by atoms with Crippen molar-refractivity contribution < 1.29 is 4.74 Å². The fourth-order valence-electron chi connectivity index (χ4n) is 2.10. The Morgan fingerprint density at radius 3 is 2.52 bits per heavy atom. The number of thiophene rings is 1. The minimum absolute atomic E-state index is 0.278. The second-order valence-electron chi connectivity index (χ2n) is 4.85. The third kappa shape index (κ3) is 2.62. The first-order valence-electron chi connectivity index (χ1n) is 6.55. The number of nitrogen functional groups attached to an aromatic ring is 2. The van der Waals surface area contributed by atoms with E-state index >= 15 is 0 Å². The summed E-state index contributed by atoms with van der Waals surface area (Å²) in [6.45, 7) is 4.38. The van der Waals surface area contributed by atoms with Gasteiger partial charge in [-0.15, -0.1) is 11.3 Å². The van der Waals surface area contributed by atoms with Gasteiger partial charge in [0, 0.05) is 10.6 Å². The molecule has 3 rings (SSSR count). The lowest BCUT2D eigenvalue weighted by atomic mass is 10.2. The number of ether oxygens (including phenoxy) is 1. The van der Waals surface area contributed by atoms with Gasteiger partial charge in [0.05, 0.1) is 5.39 Å². The maximum atomic E-state index is 6.04. The lowest BCUT2D eigenvalue weighted by Crippen LogP contribution is -2.04. The van der Waals surface area contributed by atoms with Crippen LogP contribution in [0.25, 0.3) is 10.2 Å². The molecule has 0 saturated carbocycles. The molecular weight excluding hydrogens is 284 g/mol. The van der Waals surface area contributed by atoms with E-state index in [-0.39, 0.29) is 6.61 Å². The van der Waals surface area contributed by atoms with E-state index in [0.29, 0.717) is 17.3 Å². The minimum atomic E-state index is 0.278. The molecule has 0 bridgehead atoms. The number of aromatic nitrogens is 2. The van der Waals surface area contributed by atoms with Crippen molar-refractivity contribution in [1.29, 1.82) is 0 Å². The van der Waals surface area contributed by atoms with Crippen molar-refractivity contribution in [3.8, 4) is 5.75 Å². The van der Waals surface area contributed by atoms with Gasteiger partial charge in [-0.2, -0.15) is 0 Å². The maximum Gasteiger partial charge on any atom is 0.169 e. The van der Waals surface area contributed by atoms with Gasteiger partial charge in [-0.05, 0) is 43.7 Å². The van der Waals surface area contributed by atoms with Gasteiger partial charge in [-0.25, -0.2) is 9.97 Å². The van der Waals surface area contributed by atoms with Crippen LogP contribution in [-0.2, 0) is 6.61 Å². The van der Waals surface area contributed by atoms with Crippen LogP contribution < -0.4 is 16.2 Å². The number of benzene rings is 1. The van der Waals surface area contributed by atoms with Crippen LogP contribution in [0.4, 0.5) is 11.5 Å². The Labute approximate surface area is 126 Å². The van der Waals surface area contributed by atoms with Crippen LogP contribution in [0.2, 0.25) is 0 Å². The molecular formula is C15H16N4OS. The van der Waals surface area contributed by atoms with E-state index in [0.717, 1.165) is 21.5 Å². The monoisotopic (exact) mass is 300 g/mol. The Kier molecular flexibility index (Phi) is 3.39. The highest BCUT2D eigenvalue weighted by Crippen LogP contribution is 2.31. The van der Waals surface area contributed by atoms with Crippen molar-refractivity contribution in [2.75, 3.05) is 11.5 Å². The van der Waals surface area contributed by atoms with Gasteiger partial charge in [-0.3, -0.25) is 0 Å². The predicted molar refractivity (Wildman–Crippen MR) is 86.5 cm³/mol. The summed E-state index contributed by atoms with van der Waals surface area (Å²) in [6.07, 6.45) is 0. The standard InChI is InChI=1S/C15H16N4OS/c1-8-9(2)21-15-13(8)14(17)18-12(19-15)7-20-11-5-3-10(16)4-6-11/h3-6H,7,16H2,1-2H3,(H2,17,18,19). The number of aryl methyl sites for hydroxylation is 2. The average molecular weight is 300 g/mol. The lowest BCUT2D eigenvalue weighted by molar-refractivity contribution is 0.296. The Morgan fingerprint density at radius 2 is 1.81 bits per heavy atom. The molecule has 0 unspecified atom stereocenters. The molecule has 3 aromatic rings. The second-order valence-corrected chi connectivity index (χ2v) is 6.05. The van der Waals surface area contributed by atoms with Gasteiger partial charge in [0.2, 0.25) is 0 Å². The summed E-state index contributed by atoms with van der Waals surface area (Å²) in [4.78, 5) is 11.0. The van der Waals surface area contributed by atoms with E-state index in [1.165, 1.54) is 4.88 Å². The minimum Gasteiger partial charge on any atom is -0.486 e. The van der Waals surface area contributed by atoms with E-state index in [4.69, 9.17) is 16.2 Å². The second kappa shape index (κ2) is 5.21. The van der Waals surface area contributed by atoms with Crippen LogP contribution >= 0.6 is 11.3 Å². The van der Waals surface area contributed by atoms with Crippen molar-refractivity contribution >= 4 is 33.1 Å². The SMILES string of the molecule is Cc1sc2nc(COc3ccc(N)cc3)nc(N)c2c1C. The third-order valence-electron chi connectivity index (χ3n) is 3.35. The molecule has 2 aromatic heterocycles. The predicted octanol–water partition coefficient (Wildman–Crippen LogP) is 3.05. The molecule has 0 aliphatic carbocycles. The number of hydrogen-bond acceptors (Lipinski definition) is 6. The molecule has 21 heavy (non-hydrogen) atoms. The van der Waals surface area contributed by atoms with Crippen molar-refractivity contribution in [3.63, 3.8) is 0 Å². The summed E-state index contributed by atoms with van der Waals surface area (Å²) in [7, 11) is 0. The van der Waals surface area contributed by atoms with Crippen LogP contribution in [0, 0.1) is 13.8 Å². The average Bonchev–Trinajstić information content (AvgIpc) is 2.74. The number of rotatable bonds is 3. The molecule has 0 spiro atoms. The Bertz CT molecular complexity index is 796. The Morgan fingerprint density at radius 1 is 1.10 bits per heavy atom. The fourth-order valence-corrected chi connectivity index (χ4v) is 3.16. The van der Waals surface area contributed by atoms with Gasteiger partial charge in [0.1, 0.15) is 23.0 Å². The number of anilines is 2. The molecule has 0 aliphatic heterocycles. The number of fused-ring (bicyclic) bond motifs is 1. The summed E-state index contributed by atoms with van der Waals surface area (Å²) < 4.78 is 5.66. The van der Waals surface area contributed by atoms with E-state index in [9.17, 15) is 0 Å². The normalized spacial score (nSPS) is 11.0. The Balaban J connectivity index is 1.86. The van der Waals surface area contributed by atoms with Crippen molar-refractivity contribution in [2.45, 2.75) is 20.5 Å². The quantitative estimate of drug-likeness (QED) is 0.726. The highest BCUT2D eigenvalue weighted by molar-refractivity contribution is 7.18. The summed E-state index contributed by atoms with van der Waals surface area (Å²) in [5, 5.41) is 0.953. The summed E-state index contributed by atoms with van der Waals surface area (Å²) in [5.41, 5.74) is 13.5. The first-order chi connectivity index (χ1) is 10.0. The van der Waals surface area contributed by atoms with Crippen LogP contribution in [0.3, 0.4) is 0 Å². The van der Waals surface area contributed by atoms with E-state index in [1.807, 2.05) is 19.1 Å². The molecule has 1 aromatic carbocycles. The van der Waals surface area contributed by atoms with Gasteiger partial charge < -0.3 is 16.2 Å². The molecule has 4 N–H and O–H groups in total. The molecule has 2 heterocycles. The first kappa shape index (κ1) is 13.6. The van der Waals surface area contributed by atoms with Crippen LogP contribution in [0.1, 0.15) is 16.3 Å². The molecule has 6 heteroatoms. The van der Waals surface area contributed by atoms with Crippen LogP contribution in [0.15, 0.2) is 24.3 Å². The molecule has 0 fully saturated rings. The molecule has 0 atom stereocenters. The molecule has 0 radical (unpaired) electrons. The van der Waals surface area contributed by atoms with Crippen molar-refractivity contribution in [3.05, 3.63) is 40.5 Å². The van der Waals surface area contributed by atoms with Gasteiger partial charge in [-0.1, -0.05) is 0 Å². The van der Waals surface area contributed by atoms with E-state index in [2.05, 4.69) is 16.9 Å². The van der Waals surface area contributed by atoms with Crippen LogP contribution in [-0.4, -0.2) is 9.97 Å². The largest absolute Gasteiger partial charge is 0.486 e. The zero-order valence-corrected chi connectivity index (χ0v) is 12.7. The van der Waals surface area contributed by atoms with Gasteiger partial charge >= 0.3 is 0 Å². The first-order valence-corrected chi connectivity index (χ1v) is 7.36. The lowest BCUT2D eigenvalue weighted by Gasteiger charge is -2.06. The number of nitrogens with zero attached hydrogens (tertiary/aromatic N) is 2. The highest BCUT2D eigenvalue weighted by atomic mass is 32.1.